The molecule has 2 aliphatic rings. The molecule has 1 saturated carbocycles. The molecule has 0 atom stereocenters. The number of amides is 4. The van der Waals surface area contributed by atoms with E-state index in [9.17, 15) is 14.4 Å². The van der Waals surface area contributed by atoms with E-state index in [1.54, 1.807) is 0 Å². The van der Waals surface area contributed by atoms with Crippen molar-refractivity contribution in [2.45, 2.75) is 38.5 Å². The number of rotatable bonds is 0. The molecule has 1 aliphatic carbocycles. The molecule has 1 saturated heterocycles. The van der Waals surface area contributed by atoms with Crippen molar-refractivity contribution < 1.29 is 14.4 Å². The highest BCUT2D eigenvalue weighted by atomic mass is 16.2. The van der Waals surface area contributed by atoms with Gasteiger partial charge in [0.2, 0.25) is 11.8 Å². The Hall–Kier alpha value is -1.39. The molecule has 2 fully saturated rings. The van der Waals surface area contributed by atoms with Crippen LogP contribution in [-0.2, 0) is 9.59 Å². The minimum Gasteiger partial charge on any atom is -0.277 e. The Balaban J connectivity index is 2.32. The summed E-state index contributed by atoms with van der Waals surface area (Å²) in [6, 6.07) is -0.607. The molecule has 5 nitrogen and oxygen atoms in total. The number of carbonyl (C=O) groups excluding carboxylic acids is 3. The molecule has 88 valence electrons. The maximum Gasteiger partial charge on any atom is 0.330 e. The van der Waals surface area contributed by atoms with Gasteiger partial charge in [-0.3, -0.25) is 19.8 Å². The zero-order valence-electron chi connectivity index (χ0n) is 9.41. The van der Waals surface area contributed by atoms with Crippen molar-refractivity contribution in [1.82, 2.24) is 10.2 Å². The monoisotopic (exact) mass is 224 g/mol. The van der Waals surface area contributed by atoms with Gasteiger partial charge in [-0.05, 0) is 12.8 Å². The van der Waals surface area contributed by atoms with E-state index < -0.39 is 17.4 Å². The Bertz CT molecular complexity index is 343. The number of barbiturate groups is 1. The standard InChI is InChI=1S/C11H16N2O3/c1-13-9(15)11(8(14)12-10(13)16)6-4-2-3-5-7-11/h2-7H2,1H3,(H,12,14,16). The van der Waals surface area contributed by atoms with Crippen molar-refractivity contribution >= 4 is 17.8 Å². The van der Waals surface area contributed by atoms with E-state index in [2.05, 4.69) is 5.32 Å². The first kappa shape index (κ1) is 11.1. The molecule has 0 aromatic heterocycles. The van der Waals surface area contributed by atoms with Crippen LogP contribution in [0.15, 0.2) is 0 Å². The van der Waals surface area contributed by atoms with Crippen LogP contribution in [0.2, 0.25) is 0 Å². The third-order valence-corrected chi connectivity index (χ3v) is 3.63. The summed E-state index contributed by atoms with van der Waals surface area (Å²) in [7, 11) is 1.43. The fourth-order valence-corrected chi connectivity index (χ4v) is 2.58. The van der Waals surface area contributed by atoms with Gasteiger partial charge in [-0.25, -0.2) is 4.79 Å². The highest BCUT2D eigenvalue weighted by Crippen LogP contribution is 2.38. The molecular formula is C11H16N2O3. The Kier molecular flexibility index (Phi) is 2.69. The van der Waals surface area contributed by atoms with Gasteiger partial charge in [0.05, 0.1) is 0 Å². The van der Waals surface area contributed by atoms with Gasteiger partial charge in [0, 0.05) is 7.05 Å². The number of nitrogens with zero attached hydrogens (tertiary/aromatic N) is 1. The molecular weight excluding hydrogens is 208 g/mol. The summed E-state index contributed by atoms with van der Waals surface area (Å²) in [6.45, 7) is 0. The first-order valence-electron chi connectivity index (χ1n) is 5.71. The number of imide groups is 2. The van der Waals surface area contributed by atoms with Gasteiger partial charge >= 0.3 is 6.03 Å². The van der Waals surface area contributed by atoms with Crippen LogP contribution < -0.4 is 5.32 Å². The molecule has 1 heterocycles. The highest BCUT2D eigenvalue weighted by Gasteiger charge is 2.52. The van der Waals surface area contributed by atoms with Gasteiger partial charge < -0.3 is 0 Å². The zero-order valence-corrected chi connectivity index (χ0v) is 9.41. The lowest BCUT2D eigenvalue weighted by atomic mass is 9.77. The zero-order chi connectivity index (χ0) is 11.8. The Labute approximate surface area is 94.2 Å². The second kappa shape index (κ2) is 3.88. The minimum atomic E-state index is -0.973. The molecule has 0 aromatic carbocycles. The van der Waals surface area contributed by atoms with E-state index in [-0.39, 0.29) is 5.91 Å². The van der Waals surface area contributed by atoms with Crippen molar-refractivity contribution in [2.24, 2.45) is 5.41 Å². The van der Waals surface area contributed by atoms with Gasteiger partial charge in [0.15, 0.2) is 0 Å². The number of carbonyl (C=O) groups is 3. The van der Waals surface area contributed by atoms with Crippen molar-refractivity contribution in [1.29, 1.82) is 0 Å². The number of nitrogens with one attached hydrogen (secondary N) is 1. The summed E-state index contributed by atoms with van der Waals surface area (Å²) >= 11 is 0. The summed E-state index contributed by atoms with van der Waals surface area (Å²) in [5, 5.41) is 2.28. The maximum absolute atomic E-state index is 12.1. The lowest BCUT2D eigenvalue weighted by Crippen LogP contribution is -2.62. The smallest absolute Gasteiger partial charge is 0.277 e. The second-order valence-electron chi connectivity index (χ2n) is 4.62. The van der Waals surface area contributed by atoms with Gasteiger partial charge in [-0.1, -0.05) is 25.7 Å². The lowest BCUT2D eigenvalue weighted by molar-refractivity contribution is -0.151. The van der Waals surface area contributed by atoms with E-state index in [0.29, 0.717) is 12.8 Å². The third kappa shape index (κ3) is 1.50. The van der Waals surface area contributed by atoms with E-state index in [1.807, 2.05) is 0 Å². The first-order chi connectivity index (χ1) is 7.58. The van der Waals surface area contributed by atoms with E-state index >= 15 is 0 Å². The highest BCUT2D eigenvalue weighted by molar-refractivity contribution is 6.18. The summed E-state index contributed by atoms with van der Waals surface area (Å²) in [5.41, 5.74) is -0.973. The predicted octanol–water partition coefficient (Wildman–Crippen LogP) is 1.04. The Morgan fingerprint density at radius 1 is 1.06 bits per heavy atom. The molecule has 16 heavy (non-hydrogen) atoms. The molecule has 0 bridgehead atoms. The van der Waals surface area contributed by atoms with Crippen LogP contribution in [0.1, 0.15) is 38.5 Å². The minimum absolute atomic E-state index is 0.330. The summed E-state index contributed by atoms with van der Waals surface area (Å²) < 4.78 is 0. The number of hydrogen-bond acceptors (Lipinski definition) is 3. The van der Waals surface area contributed by atoms with Crippen LogP contribution in [0.25, 0.3) is 0 Å². The quantitative estimate of drug-likeness (QED) is 0.625. The van der Waals surface area contributed by atoms with E-state index in [1.165, 1.54) is 7.05 Å². The Morgan fingerprint density at radius 2 is 1.62 bits per heavy atom. The maximum atomic E-state index is 12.1. The number of urea groups is 1. The van der Waals surface area contributed by atoms with Gasteiger partial charge in [-0.15, -0.1) is 0 Å². The van der Waals surface area contributed by atoms with Crippen LogP contribution in [-0.4, -0.2) is 29.8 Å². The molecule has 0 radical (unpaired) electrons. The normalized spacial score (nSPS) is 25.6. The summed E-state index contributed by atoms with van der Waals surface area (Å²) in [5.74, 6) is -0.731. The SMILES string of the molecule is CN1C(=O)NC(=O)C2(CCCCCC2)C1=O. The molecule has 0 aromatic rings. The molecule has 2 rings (SSSR count). The van der Waals surface area contributed by atoms with Crippen molar-refractivity contribution in [3.8, 4) is 0 Å². The van der Waals surface area contributed by atoms with E-state index in [0.717, 1.165) is 30.6 Å². The average molecular weight is 224 g/mol. The number of hydrogen-bond donors (Lipinski definition) is 1. The lowest BCUT2D eigenvalue weighted by Gasteiger charge is -2.37. The van der Waals surface area contributed by atoms with Crippen LogP contribution in [0.5, 0.6) is 0 Å². The van der Waals surface area contributed by atoms with Gasteiger partial charge in [0.1, 0.15) is 5.41 Å². The van der Waals surface area contributed by atoms with Crippen LogP contribution in [0, 0.1) is 5.41 Å². The molecule has 4 amide bonds. The van der Waals surface area contributed by atoms with Crippen molar-refractivity contribution in [3.63, 3.8) is 0 Å². The predicted molar refractivity (Wildman–Crippen MR) is 56.4 cm³/mol. The topological polar surface area (TPSA) is 66.5 Å². The molecule has 1 N–H and O–H groups in total. The summed E-state index contributed by atoms with van der Waals surface area (Å²) in [6.07, 6.45) is 4.99. The fourth-order valence-electron chi connectivity index (χ4n) is 2.58. The van der Waals surface area contributed by atoms with E-state index in [4.69, 9.17) is 0 Å². The molecule has 5 heteroatoms. The fraction of sp³-hybridized carbons (Fsp3) is 0.727. The van der Waals surface area contributed by atoms with Gasteiger partial charge in [-0.2, -0.15) is 0 Å². The molecule has 1 aliphatic heterocycles. The van der Waals surface area contributed by atoms with Crippen LogP contribution in [0.3, 0.4) is 0 Å². The van der Waals surface area contributed by atoms with Crippen molar-refractivity contribution in [3.05, 3.63) is 0 Å². The van der Waals surface area contributed by atoms with Crippen LogP contribution in [0.4, 0.5) is 4.79 Å². The van der Waals surface area contributed by atoms with Gasteiger partial charge in [0.25, 0.3) is 0 Å². The largest absolute Gasteiger partial charge is 0.330 e. The molecule has 0 unspecified atom stereocenters. The Morgan fingerprint density at radius 3 is 2.19 bits per heavy atom. The second-order valence-corrected chi connectivity index (χ2v) is 4.62. The first-order valence-corrected chi connectivity index (χ1v) is 5.71. The molecule has 1 spiro atoms. The van der Waals surface area contributed by atoms with Crippen molar-refractivity contribution in [2.75, 3.05) is 7.05 Å². The average Bonchev–Trinajstić information content (AvgIpc) is 2.51. The summed E-state index contributed by atoms with van der Waals surface area (Å²) in [4.78, 5) is 36.4. The third-order valence-electron chi connectivity index (χ3n) is 3.63. The van der Waals surface area contributed by atoms with Crippen LogP contribution >= 0.6 is 0 Å².